The molecule has 7 heteroatoms. The first-order valence-electron chi connectivity index (χ1n) is 13.4. The number of fused-ring (bicyclic) bond motifs is 3. The number of benzene rings is 2. The van der Waals surface area contributed by atoms with Crippen molar-refractivity contribution in [3.05, 3.63) is 59.7 Å². The summed E-state index contributed by atoms with van der Waals surface area (Å²) in [7, 11) is 1.35. The highest BCUT2D eigenvalue weighted by molar-refractivity contribution is 5.90. The highest BCUT2D eigenvalue weighted by Crippen LogP contribution is 2.44. The van der Waals surface area contributed by atoms with E-state index in [1.165, 1.54) is 23.1 Å². The van der Waals surface area contributed by atoms with E-state index >= 15 is 0 Å². The second kappa shape index (κ2) is 11.8. The molecule has 2 aromatic carbocycles. The molecule has 1 fully saturated rings. The van der Waals surface area contributed by atoms with Gasteiger partial charge in [-0.25, -0.2) is 9.59 Å². The summed E-state index contributed by atoms with van der Waals surface area (Å²) in [6.45, 7) is 6.92. The van der Waals surface area contributed by atoms with Crippen molar-refractivity contribution in [1.29, 1.82) is 0 Å². The van der Waals surface area contributed by atoms with Gasteiger partial charge in [0, 0.05) is 19.0 Å². The summed E-state index contributed by atoms with van der Waals surface area (Å²) in [6.07, 6.45) is 2.24. The van der Waals surface area contributed by atoms with Gasteiger partial charge >= 0.3 is 12.1 Å². The Morgan fingerprint density at radius 2 is 1.62 bits per heavy atom. The lowest BCUT2D eigenvalue weighted by Crippen LogP contribution is -2.57. The van der Waals surface area contributed by atoms with E-state index in [1.807, 2.05) is 45.0 Å². The summed E-state index contributed by atoms with van der Waals surface area (Å²) < 4.78 is 10.9. The van der Waals surface area contributed by atoms with Crippen LogP contribution in [0.4, 0.5) is 4.79 Å². The number of carbonyl (C=O) groups is 3. The maximum atomic E-state index is 13.8. The van der Waals surface area contributed by atoms with E-state index in [4.69, 9.17) is 9.47 Å². The van der Waals surface area contributed by atoms with Gasteiger partial charge in [-0.05, 0) is 60.8 Å². The van der Waals surface area contributed by atoms with E-state index in [2.05, 4.69) is 24.3 Å². The Labute approximate surface area is 219 Å². The minimum Gasteiger partial charge on any atom is -0.467 e. The lowest BCUT2D eigenvalue weighted by molar-refractivity contribution is -0.156. The van der Waals surface area contributed by atoms with Crippen LogP contribution in [-0.2, 0) is 19.1 Å². The molecular formula is C30H38N2O5. The number of amides is 2. The van der Waals surface area contributed by atoms with Crippen molar-refractivity contribution in [2.24, 2.45) is 5.92 Å². The lowest BCUT2D eigenvalue weighted by atomic mass is 9.97. The number of methoxy groups -OCH3 is 1. The molecule has 1 aliphatic carbocycles. The van der Waals surface area contributed by atoms with E-state index in [-0.39, 0.29) is 24.3 Å². The Kier molecular flexibility index (Phi) is 8.52. The van der Waals surface area contributed by atoms with Gasteiger partial charge in [0.25, 0.3) is 0 Å². The van der Waals surface area contributed by atoms with Gasteiger partial charge < -0.3 is 14.4 Å². The van der Waals surface area contributed by atoms with E-state index in [0.717, 1.165) is 24.0 Å². The highest BCUT2D eigenvalue weighted by atomic mass is 16.6. The predicted molar refractivity (Wildman–Crippen MR) is 142 cm³/mol. The summed E-state index contributed by atoms with van der Waals surface area (Å²) in [5.74, 6) is -0.495. The first kappa shape index (κ1) is 26.7. The first-order valence-corrected chi connectivity index (χ1v) is 13.4. The average molecular weight is 507 g/mol. The standard InChI is InChI=1S/C30H38N2O5/c1-5-31(27(18-20(2)3)28(33)32-17-11-10-16-26(32)29(34)36-4)30(35)37-19-25-23-14-8-6-12-21(23)22-13-7-9-15-24(22)25/h6-9,12-15,20,25-27H,5,10-11,16-19H2,1-4H3/t26-,27+/m1/s1. The zero-order chi connectivity index (χ0) is 26.5. The molecule has 2 aliphatic rings. The number of likely N-dealkylation sites (N-methyl/N-ethyl adjacent to an activating group) is 1. The molecule has 0 spiro atoms. The topological polar surface area (TPSA) is 76.2 Å². The third-order valence-corrected chi connectivity index (χ3v) is 7.53. The van der Waals surface area contributed by atoms with Crippen molar-refractivity contribution in [2.45, 2.75) is 64.5 Å². The highest BCUT2D eigenvalue weighted by Gasteiger charge is 2.40. The van der Waals surface area contributed by atoms with Gasteiger partial charge in [-0.15, -0.1) is 0 Å². The Balaban J connectivity index is 1.53. The minimum atomic E-state index is -0.703. The Hall–Kier alpha value is -3.35. The molecule has 2 atom stereocenters. The van der Waals surface area contributed by atoms with Crippen molar-refractivity contribution in [3.63, 3.8) is 0 Å². The van der Waals surface area contributed by atoms with Crippen LogP contribution in [0.3, 0.4) is 0 Å². The maximum Gasteiger partial charge on any atom is 0.410 e. The molecule has 2 aromatic rings. The van der Waals surface area contributed by atoms with Gasteiger partial charge in [-0.3, -0.25) is 9.69 Å². The predicted octanol–water partition coefficient (Wildman–Crippen LogP) is 5.23. The maximum absolute atomic E-state index is 13.8. The monoisotopic (exact) mass is 506 g/mol. The molecule has 0 radical (unpaired) electrons. The number of hydrogen-bond acceptors (Lipinski definition) is 5. The normalized spacial score (nSPS) is 17.6. The van der Waals surface area contributed by atoms with Gasteiger partial charge in [0.05, 0.1) is 7.11 Å². The van der Waals surface area contributed by atoms with Crippen LogP contribution in [0, 0.1) is 5.92 Å². The molecule has 198 valence electrons. The molecule has 4 rings (SSSR count). The smallest absolute Gasteiger partial charge is 0.410 e. The van der Waals surface area contributed by atoms with Crippen LogP contribution >= 0.6 is 0 Å². The number of rotatable bonds is 8. The minimum absolute atomic E-state index is 0.0555. The second-order valence-corrected chi connectivity index (χ2v) is 10.3. The molecular weight excluding hydrogens is 468 g/mol. The number of piperidine rings is 1. The lowest BCUT2D eigenvalue weighted by Gasteiger charge is -2.39. The zero-order valence-electron chi connectivity index (χ0n) is 22.3. The van der Waals surface area contributed by atoms with Crippen molar-refractivity contribution in [2.75, 3.05) is 26.8 Å². The number of ether oxygens (including phenoxy) is 2. The SMILES string of the molecule is CCN(C(=O)OCC1c2ccccc2-c2ccccc21)[C@@H](CC(C)C)C(=O)N1CCCC[C@@H]1C(=O)OC. The largest absolute Gasteiger partial charge is 0.467 e. The summed E-state index contributed by atoms with van der Waals surface area (Å²) >= 11 is 0. The number of likely N-dealkylation sites (tertiary alicyclic amines) is 1. The van der Waals surface area contributed by atoms with Crippen molar-refractivity contribution >= 4 is 18.0 Å². The van der Waals surface area contributed by atoms with Crippen LogP contribution in [0.15, 0.2) is 48.5 Å². The fraction of sp³-hybridized carbons (Fsp3) is 0.500. The number of hydrogen-bond donors (Lipinski definition) is 0. The molecule has 0 saturated carbocycles. The molecule has 0 N–H and O–H groups in total. The van der Waals surface area contributed by atoms with Gasteiger partial charge in [0.2, 0.25) is 5.91 Å². The van der Waals surface area contributed by atoms with Crippen LogP contribution in [0.5, 0.6) is 0 Å². The molecule has 1 saturated heterocycles. The Morgan fingerprint density at radius 3 is 2.19 bits per heavy atom. The third kappa shape index (κ3) is 5.50. The summed E-state index contributed by atoms with van der Waals surface area (Å²) in [4.78, 5) is 42.9. The molecule has 0 bridgehead atoms. The molecule has 2 amide bonds. The zero-order valence-corrected chi connectivity index (χ0v) is 22.3. The molecule has 0 aromatic heterocycles. The van der Waals surface area contributed by atoms with E-state index in [1.54, 1.807) is 4.90 Å². The summed E-state index contributed by atoms with van der Waals surface area (Å²) in [5, 5.41) is 0. The Morgan fingerprint density at radius 1 is 1.00 bits per heavy atom. The van der Waals surface area contributed by atoms with E-state index in [9.17, 15) is 14.4 Å². The van der Waals surface area contributed by atoms with Crippen LogP contribution in [0.25, 0.3) is 11.1 Å². The number of esters is 1. The van der Waals surface area contributed by atoms with Crippen molar-refractivity contribution < 1.29 is 23.9 Å². The van der Waals surface area contributed by atoms with E-state index < -0.39 is 24.1 Å². The van der Waals surface area contributed by atoms with Gasteiger partial charge in [-0.2, -0.15) is 0 Å². The summed E-state index contributed by atoms with van der Waals surface area (Å²) in [5.41, 5.74) is 4.61. The fourth-order valence-electron chi connectivity index (χ4n) is 5.73. The van der Waals surface area contributed by atoms with Crippen molar-refractivity contribution in [1.82, 2.24) is 9.80 Å². The van der Waals surface area contributed by atoms with Gasteiger partial charge in [-0.1, -0.05) is 62.4 Å². The Bertz CT molecular complexity index is 1080. The molecule has 7 nitrogen and oxygen atoms in total. The van der Waals surface area contributed by atoms with Gasteiger partial charge in [0.1, 0.15) is 18.7 Å². The number of carbonyl (C=O) groups excluding carboxylic acids is 3. The number of nitrogens with zero attached hydrogens (tertiary/aromatic N) is 2. The molecule has 1 heterocycles. The quantitative estimate of drug-likeness (QED) is 0.459. The van der Waals surface area contributed by atoms with Crippen LogP contribution < -0.4 is 0 Å². The molecule has 1 aliphatic heterocycles. The second-order valence-electron chi connectivity index (χ2n) is 10.3. The van der Waals surface area contributed by atoms with E-state index in [0.29, 0.717) is 25.9 Å². The first-order chi connectivity index (χ1) is 17.9. The summed E-state index contributed by atoms with van der Waals surface area (Å²) in [6, 6.07) is 15.1. The molecule has 0 unspecified atom stereocenters. The van der Waals surface area contributed by atoms with Crippen LogP contribution in [0.1, 0.15) is 63.5 Å². The van der Waals surface area contributed by atoms with Crippen LogP contribution in [-0.4, -0.2) is 66.7 Å². The van der Waals surface area contributed by atoms with Gasteiger partial charge in [0.15, 0.2) is 0 Å². The fourth-order valence-corrected chi connectivity index (χ4v) is 5.73. The average Bonchev–Trinajstić information content (AvgIpc) is 3.24. The van der Waals surface area contributed by atoms with Crippen molar-refractivity contribution in [3.8, 4) is 11.1 Å². The molecule has 37 heavy (non-hydrogen) atoms. The third-order valence-electron chi connectivity index (χ3n) is 7.53. The van der Waals surface area contributed by atoms with Crippen LogP contribution in [0.2, 0.25) is 0 Å².